The molecule has 29 heavy (non-hydrogen) atoms. The average molecular weight is 511 g/mol. The van der Waals surface area contributed by atoms with Crippen LogP contribution in [0.25, 0.3) is 0 Å². The van der Waals surface area contributed by atoms with Gasteiger partial charge in [0.05, 0.1) is 13.2 Å². The average Bonchev–Trinajstić information content (AvgIpc) is 2.72. The minimum Gasteiger partial charge on any atom is -0.478 e. The van der Waals surface area contributed by atoms with Gasteiger partial charge in [0.25, 0.3) is 5.91 Å². The van der Waals surface area contributed by atoms with Gasteiger partial charge in [-0.3, -0.25) is 4.79 Å². The van der Waals surface area contributed by atoms with Gasteiger partial charge in [0.1, 0.15) is 0 Å². The first-order chi connectivity index (χ1) is 13.7. The highest BCUT2D eigenvalue weighted by Crippen LogP contribution is 2.15. The number of nitrogens with one attached hydrogen (secondary N) is 3. The fraction of sp³-hybridized carbons (Fsp3) is 0.381. The minimum absolute atomic E-state index is 0. The maximum Gasteiger partial charge on any atom is 0.251 e. The van der Waals surface area contributed by atoms with Crippen LogP contribution in [-0.4, -0.2) is 43.6 Å². The summed E-state index contributed by atoms with van der Waals surface area (Å²) in [5.74, 6) is 1.28. The van der Waals surface area contributed by atoms with Crippen molar-refractivity contribution in [1.29, 1.82) is 0 Å². The Balaban J connectivity index is 0.00000420. The molecule has 0 unspecified atom stereocenters. The fourth-order valence-corrected chi connectivity index (χ4v) is 2.65. The molecule has 3 N–H and O–H groups in total. The van der Waals surface area contributed by atoms with Crippen molar-refractivity contribution in [3.05, 3.63) is 59.3 Å². The Kier molecular flexibility index (Phi) is 11.7. The number of benzene rings is 1. The van der Waals surface area contributed by atoms with Gasteiger partial charge < -0.3 is 20.7 Å². The first-order valence-electron chi connectivity index (χ1n) is 9.57. The summed E-state index contributed by atoms with van der Waals surface area (Å²) in [4.78, 5) is 20.6. The van der Waals surface area contributed by atoms with Crippen molar-refractivity contribution < 1.29 is 9.53 Å². The van der Waals surface area contributed by atoms with Crippen LogP contribution in [0.4, 0.5) is 0 Å². The molecular formula is C21H30IN5O2. The maximum atomic E-state index is 11.8. The highest BCUT2D eigenvalue weighted by molar-refractivity contribution is 14.0. The first-order valence-corrected chi connectivity index (χ1v) is 9.57. The molecule has 1 aromatic heterocycles. The number of aliphatic imine (C=N–C) groups is 1. The predicted molar refractivity (Wildman–Crippen MR) is 127 cm³/mol. The van der Waals surface area contributed by atoms with Crippen LogP contribution >= 0.6 is 24.0 Å². The molecule has 8 heteroatoms. The topological polar surface area (TPSA) is 87.6 Å². The molecule has 0 aliphatic heterocycles. The Labute approximate surface area is 189 Å². The van der Waals surface area contributed by atoms with E-state index >= 15 is 0 Å². The largest absolute Gasteiger partial charge is 0.478 e. The third kappa shape index (κ3) is 8.26. The van der Waals surface area contributed by atoms with Crippen LogP contribution in [0.1, 0.15) is 35.3 Å². The molecule has 0 aliphatic carbocycles. The van der Waals surface area contributed by atoms with E-state index in [0.29, 0.717) is 31.1 Å². The first kappa shape index (κ1) is 24.7. The van der Waals surface area contributed by atoms with Crippen LogP contribution in [-0.2, 0) is 13.0 Å². The minimum atomic E-state index is -0.0775. The summed E-state index contributed by atoms with van der Waals surface area (Å²) in [6.07, 6.45) is 2.50. The van der Waals surface area contributed by atoms with Crippen molar-refractivity contribution in [3.8, 4) is 5.88 Å². The van der Waals surface area contributed by atoms with E-state index in [2.05, 4.69) is 25.9 Å². The Morgan fingerprint density at radius 2 is 2.00 bits per heavy atom. The van der Waals surface area contributed by atoms with E-state index in [0.717, 1.165) is 30.1 Å². The van der Waals surface area contributed by atoms with Crippen LogP contribution in [0, 0.1) is 0 Å². The standard InChI is InChI=1S/C21H29N5O2.HI/c1-4-23-21(26-15-18-10-7-12-24-20(18)28-5-2)25-13-11-16-8-6-9-17(14-16)19(27)22-3;/h6-10,12,14H,4-5,11,13,15H2,1-3H3,(H,22,27)(H2,23,25,26);1H. The second kappa shape index (κ2) is 13.8. The van der Waals surface area contributed by atoms with E-state index in [-0.39, 0.29) is 29.9 Å². The van der Waals surface area contributed by atoms with E-state index in [1.807, 2.05) is 50.2 Å². The van der Waals surface area contributed by atoms with Crippen molar-refractivity contribution in [3.63, 3.8) is 0 Å². The van der Waals surface area contributed by atoms with Gasteiger partial charge in [0.15, 0.2) is 5.96 Å². The van der Waals surface area contributed by atoms with Gasteiger partial charge in [-0.05, 0) is 44.0 Å². The third-order valence-corrected chi connectivity index (χ3v) is 4.01. The molecule has 2 rings (SSSR count). The highest BCUT2D eigenvalue weighted by Gasteiger charge is 2.06. The van der Waals surface area contributed by atoms with Crippen molar-refractivity contribution in [1.82, 2.24) is 20.9 Å². The molecule has 0 fully saturated rings. The van der Waals surface area contributed by atoms with Crippen LogP contribution < -0.4 is 20.7 Å². The molecule has 1 heterocycles. The predicted octanol–water partition coefficient (Wildman–Crippen LogP) is 2.76. The third-order valence-electron chi connectivity index (χ3n) is 4.01. The van der Waals surface area contributed by atoms with Crippen molar-refractivity contribution in [2.45, 2.75) is 26.8 Å². The van der Waals surface area contributed by atoms with Crippen molar-refractivity contribution >= 4 is 35.8 Å². The number of halogens is 1. The van der Waals surface area contributed by atoms with Gasteiger partial charge in [0.2, 0.25) is 5.88 Å². The molecule has 1 aromatic carbocycles. The molecule has 158 valence electrons. The zero-order valence-corrected chi connectivity index (χ0v) is 19.5. The number of amides is 1. The number of hydrogen-bond acceptors (Lipinski definition) is 4. The molecule has 0 atom stereocenters. The monoisotopic (exact) mass is 511 g/mol. The smallest absolute Gasteiger partial charge is 0.251 e. The summed E-state index contributed by atoms with van der Waals surface area (Å²) in [6.45, 7) is 6.48. The highest BCUT2D eigenvalue weighted by atomic mass is 127. The van der Waals surface area contributed by atoms with Crippen molar-refractivity contribution in [2.24, 2.45) is 4.99 Å². The Morgan fingerprint density at radius 1 is 1.17 bits per heavy atom. The SMILES string of the molecule is CCNC(=NCc1cccnc1OCC)NCCc1cccc(C(=O)NC)c1.I. The van der Waals surface area contributed by atoms with Crippen LogP contribution in [0.5, 0.6) is 5.88 Å². The number of aromatic nitrogens is 1. The number of nitrogens with zero attached hydrogens (tertiary/aromatic N) is 2. The summed E-state index contributed by atoms with van der Waals surface area (Å²) < 4.78 is 5.55. The zero-order chi connectivity index (χ0) is 20.2. The van der Waals surface area contributed by atoms with E-state index in [9.17, 15) is 4.79 Å². The van der Waals surface area contributed by atoms with E-state index < -0.39 is 0 Å². The Hall–Kier alpha value is -2.36. The fourth-order valence-electron chi connectivity index (χ4n) is 2.65. The molecule has 0 radical (unpaired) electrons. The number of rotatable bonds is 9. The van der Waals surface area contributed by atoms with E-state index in [1.54, 1.807) is 13.2 Å². The number of carbonyl (C=O) groups is 1. The van der Waals surface area contributed by atoms with Crippen molar-refractivity contribution in [2.75, 3.05) is 26.7 Å². The normalized spacial score (nSPS) is 10.7. The molecule has 0 aliphatic rings. The molecule has 7 nitrogen and oxygen atoms in total. The van der Waals surface area contributed by atoms with Gasteiger partial charge in [0, 0.05) is 37.5 Å². The molecule has 2 aromatic rings. The lowest BCUT2D eigenvalue weighted by Crippen LogP contribution is -2.38. The van der Waals surface area contributed by atoms with Gasteiger partial charge >= 0.3 is 0 Å². The number of pyridine rings is 1. The van der Waals surface area contributed by atoms with Gasteiger partial charge in [-0.1, -0.05) is 18.2 Å². The number of guanidine groups is 1. The van der Waals surface area contributed by atoms with E-state index in [4.69, 9.17) is 4.74 Å². The second-order valence-electron chi connectivity index (χ2n) is 6.05. The van der Waals surface area contributed by atoms with Gasteiger partial charge in [-0.15, -0.1) is 24.0 Å². The van der Waals surface area contributed by atoms with Gasteiger partial charge in [-0.25, -0.2) is 9.98 Å². The van der Waals surface area contributed by atoms with Crippen LogP contribution in [0.15, 0.2) is 47.6 Å². The van der Waals surface area contributed by atoms with Crippen LogP contribution in [0.2, 0.25) is 0 Å². The maximum absolute atomic E-state index is 11.8. The summed E-state index contributed by atoms with van der Waals surface area (Å²) in [5.41, 5.74) is 2.70. The summed E-state index contributed by atoms with van der Waals surface area (Å²) in [6, 6.07) is 11.5. The van der Waals surface area contributed by atoms with Gasteiger partial charge in [-0.2, -0.15) is 0 Å². The molecule has 0 saturated carbocycles. The lowest BCUT2D eigenvalue weighted by molar-refractivity contribution is 0.0963. The summed E-state index contributed by atoms with van der Waals surface area (Å²) in [7, 11) is 1.63. The number of hydrogen-bond donors (Lipinski definition) is 3. The lowest BCUT2D eigenvalue weighted by atomic mass is 10.1. The molecule has 0 bridgehead atoms. The number of carbonyl (C=O) groups excluding carboxylic acids is 1. The molecular weight excluding hydrogens is 481 g/mol. The second-order valence-corrected chi connectivity index (χ2v) is 6.05. The molecule has 1 amide bonds. The Morgan fingerprint density at radius 3 is 2.72 bits per heavy atom. The lowest BCUT2D eigenvalue weighted by Gasteiger charge is -2.12. The zero-order valence-electron chi connectivity index (χ0n) is 17.2. The van der Waals surface area contributed by atoms with Crippen LogP contribution in [0.3, 0.4) is 0 Å². The Bertz CT molecular complexity index is 798. The molecule has 0 spiro atoms. The summed E-state index contributed by atoms with van der Waals surface area (Å²) >= 11 is 0. The van der Waals surface area contributed by atoms with E-state index in [1.165, 1.54) is 0 Å². The quantitative estimate of drug-likeness (QED) is 0.274. The number of ether oxygens (including phenoxy) is 1. The summed E-state index contributed by atoms with van der Waals surface area (Å²) in [5, 5.41) is 9.22. The molecule has 0 saturated heterocycles.